The van der Waals surface area contributed by atoms with Gasteiger partial charge in [-0.2, -0.15) is 0 Å². The van der Waals surface area contributed by atoms with Crippen LogP contribution < -0.4 is 20.1 Å². The number of β-amino-alcohol motifs (C(OH)–C–C–N with tert-alkyl or cyclic N) is 1. The predicted octanol–water partition coefficient (Wildman–Crippen LogP) is 1.84. The second-order valence-electron chi connectivity index (χ2n) is 5.76. The summed E-state index contributed by atoms with van der Waals surface area (Å²) in [7, 11) is 0. The number of aliphatic hydroxyl groups is 1. The number of hydrogen-bond acceptors (Lipinski definition) is 5. The summed E-state index contributed by atoms with van der Waals surface area (Å²) in [6.45, 7) is 6.49. The lowest BCUT2D eigenvalue weighted by molar-refractivity contribution is 0.0926. The second kappa shape index (κ2) is 9.11. The van der Waals surface area contributed by atoms with Gasteiger partial charge in [-0.05, 0) is 25.5 Å². The van der Waals surface area contributed by atoms with Crippen molar-refractivity contribution in [1.82, 2.24) is 10.6 Å². The van der Waals surface area contributed by atoms with Crippen LogP contribution in [0.2, 0.25) is 5.02 Å². The molecule has 2 atom stereocenters. The third kappa shape index (κ3) is 4.75. The van der Waals surface area contributed by atoms with Gasteiger partial charge in [0.1, 0.15) is 0 Å². The molecule has 2 rings (SSSR count). The molecule has 0 spiro atoms. The van der Waals surface area contributed by atoms with Gasteiger partial charge in [0.25, 0.3) is 5.91 Å². The first-order chi connectivity index (χ1) is 11.6. The molecule has 1 aliphatic heterocycles. The van der Waals surface area contributed by atoms with E-state index in [1.807, 2.05) is 13.8 Å². The van der Waals surface area contributed by atoms with Crippen LogP contribution >= 0.6 is 11.6 Å². The lowest BCUT2D eigenvalue weighted by Crippen LogP contribution is -2.34. The number of carbonyl (C=O) groups excluding carboxylic acids is 1. The molecular formula is C17H25ClN2O4. The molecule has 1 aromatic rings. The van der Waals surface area contributed by atoms with E-state index in [0.717, 1.165) is 6.42 Å². The summed E-state index contributed by atoms with van der Waals surface area (Å²) in [4.78, 5) is 12.4. The Morgan fingerprint density at radius 3 is 2.79 bits per heavy atom. The zero-order chi connectivity index (χ0) is 17.5. The van der Waals surface area contributed by atoms with E-state index in [-0.39, 0.29) is 11.8 Å². The van der Waals surface area contributed by atoms with Crippen molar-refractivity contribution in [2.45, 2.75) is 26.4 Å². The summed E-state index contributed by atoms with van der Waals surface area (Å²) >= 11 is 6.27. The Kier molecular flexibility index (Phi) is 7.15. The van der Waals surface area contributed by atoms with Crippen LogP contribution in [0.3, 0.4) is 0 Å². The number of carbonyl (C=O) groups is 1. The Hall–Kier alpha value is -1.50. The molecule has 1 saturated heterocycles. The van der Waals surface area contributed by atoms with Gasteiger partial charge in [-0.3, -0.25) is 4.79 Å². The zero-order valence-electron chi connectivity index (χ0n) is 14.1. The molecule has 0 saturated carbocycles. The van der Waals surface area contributed by atoms with Crippen molar-refractivity contribution in [3.8, 4) is 11.5 Å². The standard InChI is InChI=1S/C17H25ClN2O4/c1-3-5-24-16-13(18)6-11(7-15(16)23-4-2)17(22)20-9-12-8-19-10-14(12)21/h6-7,12,14,19,21H,3-5,8-10H2,1-2H3,(H,20,22). The van der Waals surface area contributed by atoms with Crippen molar-refractivity contribution >= 4 is 17.5 Å². The van der Waals surface area contributed by atoms with Crippen LogP contribution in [0.15, 0.2) is 12.1 Å². The Morgan fingerprint density at radius 1 is 1.38 bits per heavy atom. The summed E-state index contributed by atoms with van der Waals surface area (Å²) in [5, 5.41) is 16.1. The fraction of sp³-hybridized carbons (Fsp3) is 0.588. The van der Waals surface area contributed by atoms with Crippen molar-refractivity contribution in [3.63, 3.8) is 0 Å². The second-order valence-corrected chi connectivity index (χ2v) is 6.17. The van der Waals surface area contributed by atoms with Crippen LogP contribution in [0.4, 0.5) is 0 Å². The summed E-state index contributed by atoms with van der Waals surface area (Å²) in [5.41, 5.74) is 0.410. The van der Waals surface area contributed by atoms with E-state index < -0.39 is 6.10 Å². The van der Waals surface area contributed by atoms with Crippen LogP contribution in [0.5, 0.6) is 11.5 Å². The molecule has 0 aromatic heterocycles. The number of amides is 1. The molecule has 7 heteroatoms. The molecule has 1 heterocycles. The fourth-order valence-corrected chi connectivity index (χ4v) is 2.82. The zero-order valence-corrected chi connectivity index (χ0v) is 14.9. The lowest BCUT2D eigenvalue weighted by atomic mass is 10.1. The third-order valence-corrected chi connectivity index (χ3v) is 4.13. The quantitative estimate of drug-likeness (QED) is 0.662. The molecule has 3 N–H and O–H groups in total. The van der Waals surface area contributed by atoms with Gasteiger partial charge in [0.2, 0.25) is 0 Å². The molecule has 6 nitrogen and oxygen atoms in total. The van der Waals surface area contributed by atoms with E-state index in [1.165, 1.54) is 0 Å². The summed E-state index contributed by atoms with van der Waals surface area (Å²) in [5.74, 6) is 0.695. The molecular weight excluding hydrogens is 332 g/mol. The molecule has 1 aromatic carbocycles. The van der Waals surface area contributed by atoms with E-state index in [4.69, 9.17) is 21.1 Å². The number of ether oxygens (including phenoxy) is 2. The number of aliphatic hydroxyl groups excluding tert-OH is 1. The largest absolute Gasteiger partial charge is 0.490 e. The monoisotopic (exact) mass is 356 g/mol. The van der Waals surface area contributed by atoms with Crippen LogP contribution in [0.1, 0.15) is 30.6 Å². The predicted molar refractivity (Wildman–Crippen MR) is 93.1 cm³/mol. The average molecular weight is 357 g/mol. The highest BCUT2D eigenvalue weighted by Gasteiger charge is 2.25. The Balaban J connectivity index is 2.09. The van der Waals surface area contributed by atoms with Gasteiger partial charge in [0, 0.05) is 31.1 Å². The SMILES string of the molecule is CCCOc1c(Cl)cc(C(=O)NCC2CNCC2O)cc1OCC. The maximum absolute atomic E-state index is 12.4. The molecule has 1 fully saturated rings. The van der Waals surface area contributed by atoms with Gasteiger partial charge in [-0.25, -0.2) is 0 Å². The molecule has 1 aliphatic rings. The van der Waals surface area contributed by atoms with Crippen molar-refractivity contribution < 1.29 is 19.4 Å². The summed E-state index contributed by atoms with van der Waals surface area (Å²) < 4.78 is 11.2. The number of rotatable bonds is 8. The molecule has 134 valence electrons. The number of nitrogens with one attached hydrogen (secondary N) is 2. The van der Waals surface area contributed by atoms with E-state index in [9.17, 15) is 9.90 Å². The summed E-state index contributed by atoms with van der Waals surface area (Å²) in [6, 6.07) is 3.22. The molecule has 0 aliphatic carbocycles. The minimum absolute atomic E-state index is 0.0166. The maximum Gasteiger partial charge on any atom is 0.251 e. The van der Waals surface area contributed by atoms with Crippen molar-refractivity contribution in [1.29, 1.82) is 0 Å². The first kappa shape index (κ1) is 18.8. The van der Waals surface area contributed by atoms with E-state index in [2.05, 4.69) is 10.6 Å². The highest BCUT2D eigenvalue weighted by molar-refractivity contribution is 6.32. The molecule has 0 radical (unpaired) electrons. The highest BCUT2D eigenvalue weighted by Crippen LogP contribution is 2.36. The lowest BCUT2D eigenvalue weighted by Gasteiger charge is -2.16. The van der Waals surface area contributed by atoms with Gasteiger partial charge >= 0.3 is 0 Å². The van der Waals surface area contributed by atoms with Crippen LogP contribution in [0, 0.1) is 5.92 Å². The Morgan fingerprint density at radius 2 is 2.17 bits per heavy atom. The Labute approximate surface area is 147 Å². The van der Waals surface area contributed by atoms with Gasteiger partial charge in [0.05, 0.1) is 24.3 Å². The van der Waals surface area contributed by atoms with Gasteiger partial charge in [-0.1, -0.05) is 18.5 Å². The number of halogens is 1. The van der Waals surface area contributed by atoms with E-state index in [0.29, 0.717) is 54.9 Å². The topological polar surface area (TPSA) is 79.8 Å². The average Bonchev–Trinajstić information content (AvgIpc) is 2.97. The van der Waals surface area contributed by atoms with Gasteiger partial charge in [-0.15, -0.1) is 0 Å². The minimum Gasteiger partial charge on any atom is -0.490 e. The molecule has 24 heavy (non-hydrogen) atoms. The first-order valence-electron chi connectivity index (χ1n) is 8.32. The van der Waals surface area contributed by atoms with Crippen molar-refractivity contribution in [2.24, 2.45) is 5.92 Å². The number of hydrogen-bond donors (Lipinski definition) is 3. The maximum atomic E-state index is 12.4. The van der Waals surface area contributed by atoms with Crippen LogP contribution in [0.25, 0.3) is 0 Å². The fourth-order valence-electron chi connectivity index (χ4n) is 2.56. The van der Waals surface area contributed by atoms with Crippen LogP contribution in [-0.2, 0) is 0 Å². The van der Waals surface area contributed by atoms with Crippen LogP contribution in [-0.4, -0.2) is 50.0 Å². The smallest absolute Gasteiger partial charge is 0.251 e. The van der Waals surface area contributed by atoms with Crippen molar-refractivity contribution in [3.05, 3.63) is 22.7 Å². The Bertz CT molecular complexity index is 568. The normalized spacial score (nSPS) is 20.0. The minimum atomic E-state index is -0.433. The van der Waals surface area contributed by atoms with E-state index in [1.54, 1.807) is 12.1 Å². The third-order valence-electron chi connectivity index (χ3n) is 3.85. The summed E-state index contributed by atoms with van der Waals surface area (Å²) in [6.07, 6.45) is 0.416. The van der Waals surface area contributed by atoms with E-state index >= 15 is 0 Å². The molecule has 0 bridgehead atoms. The first-order valence-corrected chi connectivity index (χ1v) is 8.70. The highest BCUT2D eigenvalue weighted by atomic mass is 35.5. The number of benzene rings is 1. The molecule has 2 unspecified atom stereocenters. The molecule has 1 amide bonds. The van der Waals surface area contributed by atoms with Gasteiger partial charge < -0.3 is 25.2 Å². The van der Waals surface area contributed by atoms with Crippen molar-refractivity contribution in [2.75, 3.05) is 32.8 Å². The van der Waals surface area contributed by atoms with Gasteiger partial charge in [0.15, 0.2) is 11.5 Å².